The first-order chi connectivity index (χ1) is 21.3. The minimum Gasteiger partial charge on any atom is -0.278 e. The van der Waals surface area contributed by atoms with E-state index < -0.39 is 0 Å². The predicted molar refractivity (Wildman–Crippen MR) is 185 cm³/mol. The van der Waals surface area contributed by atoms with Crippen molar-refractivity contribution in [2.45, 2.75) is 12.8 Å². The van der Waals surface area contributed by atoms with Crippen molar-refractivity contribution in [1.29, 1.82) is 0 Å². The van der Waals surface area contributed by atoms with Crippen molar-refractivity contribution in [3.8, 4) is 17.2 Å². The number of aromatic nitrogens is 3. The summed E-state index contributed by atoms with van der Waals surface area (Å²) >= 11 is 3.69. The molecule has 0 saturated carbocycles. The van der Waals surface area contributed by atoms with Crippen LogP contribution in [0.15, 0.2) is 109 Å². The van der Waals surface area contributed by atoms with Gasteiger partial charge in [0.05, 0.1) is 27.1 Å². The molecule has 9 aromatic rings. The summed E-state index contributed by atoms with van der Waals surface area (Å²) in [6, 6.07) is 37.0. The van der Waals surface area contributed by atoms with E-state index >= 15 is 0 Å². The fourth-order valence-corrected chi connectivity index (χ4v) is 9.47. The van der Waals surface area contributed by atoms with Gasteiger partial charge in [0.25, 0.3) is 0 Å². The Morgan fingerprint density at radius 3 is 2.12 bits per heavy atom. The first-order valence-corrected chi connectivity index (χ1v) is 16.3. The third-order valence-electron chi connectivity index (χ3n) is 8.88. The molecule has 43 heavy (non-hydrogen) atoms. The van der Waals surface area contributed by atoms with Gasteiger partial charge in [-0.3, -0.25) is 4.57 Å². The van der Waals surface area contributed by atoms with E-state index in [1.54, 1.807) is 11.3 Å². The molecule has 3 nitrogen and oxygen atoms in total. The Balaban J connectivity index is 1.44. The molecule has 1 aliphatic rings. The number of hydrogen-bond donors (Lipinski definition) is 0. The van der Waals surface area contributed by atoms with Gasteiger partial charge < -0.3 is 0 Å². The fourth-order valence-electron chi connectivity index (χ4n) is 7.06. The van der Waals surface area contributed by atoms with E-state index in [-0.39, 0.29) is 0 Å². The predicted octanol–water partition coefficient (Wildman–Crippen LogP) is 10.9. The number of allylic oxidation sites excluding steroid dienone is 1. The molecule has 10 rings (SSSR count). The SMILES string of the molecule is C1=Cc2c(c3c4c5ccccc5sc4c4ccccc4c3n2-c2nc(-c3ccccc3)c3sc4ccccc4c3n2)CC1. The van der Waals surface area contributed by atoms with Crippen LogP contribution in [0.3, 0.4) is 0 Å². The Kier molecular flexibility index (Phi) is 4.87. The van der Waals surface area contributed by atoms with E-state index in [0.29, 0.717) is 0 Å². The third-order valence-corrected chi connectivity index (χ3v) is 11.2. The van der Waals surface area contributed by atoms with Crippen LogP contribution in [0.5, 0.6) is 0 Å². The topological polar surface area (TPSA) is 30.7 Å². The summed E-state index contributed by atoms with van der Waals surface area (Å²) in [4.78, 5) is 10.9. The summed E-state index contributed by atoms with van der Waals surface area (Å²) in [6.07, 6.45) is 6.64. The summed E-state index contributed by atoms with van der Waals surface area (Å²) in [5, 5.41) is 7.77. The van der Waals surface area contributed by atoms with Crippen molar-refractivity contribution in [1.82, 2.24) is 14.5 Å². The second kappa shape index (κ2) is 8.83. The Hall–Kier alpha value is -4.84. The second-order valence-corrected chi connectivity index (χ2v) is 13.3. The molecule has 0 radical (unpaired) electrons. The standard InChI is InChI=1S/C38H23N3S2/c1-2-12-22(13-3-1)33-37-34(27-18-8-11-21-30(27)43-37)40-38(39-33)41-28-19-9-6-16-25(28)31-32-26-17-7-10-20-29(26)42-36(32)24-15-5-4-14-23(24)35(31)41/h1-5,7-15,17-21H,6,16H2. The minimum absolute atomic E-state index is 0.733. The van der Waals surface area contributed by atoms with Crippen LogP contribution in [0.25, 0.3) is 85.4 Å². The molecule has 5 aromatic carbocycles. The van der Waals surface area contributed by atoms with Crippen molar-refractivity contribution in [2.24, 2.45) is 0 Å². The summed E-state index contributed by atoms with van der Waals surface area (Å²) in [7, 11) is 0. The maximum absolute atomic E-state index is 5.43. The van der Waals surface area contributed by atoms with Gasteiger partial charge in [-0.05, 0) is 36.6 Å². The lowest BCUT2D eigenvalue weighted by atomic mass is 9.95. The summed E-state index contributed by atoms with van der Waals surface area (Å²) in [6.45, 7) is 0. The van der Waals surface area contributed by atoms with Crippen molar-refractivity contribution in [2.75, 3.05) is 0 Å². The second-order valence-electron chi connectivity index (χ2n) is 11.2. The maximum Gasteiger partial charge on any atom is 0.235 e. The van der Waals surface area contributed by atoms with E-state index in [0.717, 1.165) is 40.3 Å². The van der Waals surface area contributed by atoms with E-state index in [2.05, 4.69) is 120 Å². The minimum atomic E-state index is 0.733. The van der Waals surface area contributed by atoms with Gasteiger partial charge in [0, 0.05) is 52.0 Å². The summed E-state index contributed by atoms with van der Waals surface area (Å²) in [5.74, 6) is 0.733. The highest BCUT2D eigenvalue weighted by atomic mass is 32.1. The average Bonchev–Trinajstić information content (AvgIpc) is 3.75. The summed E-state index contributed by atoms with van der Waals surface area (Å²) < 4.78 is 7.43. The quantitative estimate of drug-likeness (QED) is 0.202. The third kappa shape index (κ3) is 3.24. The fraction of sp³-hybridized carbons (Fsp3) is 0.0526. The van der Waals surface area contributed by atoms with Crippen LogP contribution in [0.2, 0.25) is 0 Å². The molecule has 0 N–H and O–H groups in total. The van der Waals surface area contributed by atoms with Crippen LogP contribution < -0.4 is 0 Å². The van der Waals surface area contributed by atoms with Gasteiger partial charge in [-0.25, -0.2) is 9.97 Å². The van der Waals surface area contributed by atoms with Crippen molar-refractivity contribution >= 4 is 90.9 Å². The molecule has 0 aliphatic heterocycles. The number of benzene rings is 5. The number of fused-ring (bicyclic) bond motifs is 13. The monoisotopic (exact) mass is 585 g/mol. The van der Waals surface area contributed by atoms with Crippen LogP contribution >= 0.6 is 22.7 Å². The highest BCUT2D eigenvalue weighted by molar-refractivity contribution is 7.27. The normalized spacial score (nSPS) is 13.3. The zero-order valence-corrected chi connectivity index (χ0v) is 24.7. The molecule has 0 atom stereocenters. The Labute approximate surface area is 255 Å². The molecule has 0 fully saturated rings. The van der Waals surface area contributed by atoms with Gasteiger partial charge in [0.2, 0.25) is 5.95 Å². The van der Waals surface area contributed by atoms with Crippen molar-refractivity contribution < 1.29 is 0 Å². The lowest BCUT2D eigenvalue weighted by Gasteiger charge is -2.13. The Morgan fingerprint density at radius 1 is 0.605 bits per heavy atom. The molecule has 0 spiro atoms. The van der Waals surface area contributed by atoms with E-state index in [4.69, 9.17) is 9.97 Å². The average molecular weight is 586 g/mol. The van der Waals surface area contributed by atoms with Crippen LogP contribution in [0.1, 0.15) is 17.7 Å². The zero-order chi connectivity index (χ0) is 28.1. The molecule has 0 saturated heterocycles. The Bertz CT molecular complexity index is 2620. The molecule has 0 amide bonds. The number of thiophene rings is 2. The number of aryl methyl sites for hydroxylation is 1. The van der Waals surface area contributed by atoms with E-state index in [1.807, 2.05) is 11.3 Å². The molecule has 1 aliphatic carbocycles. The molecule has 4 aromatic heterocycles. The molecule has 202 valence electrons. The highest BCUT2D eigenvalue weighted by Crippen LogP contribution is 2.48. The number of rotatable bonds is 2. The van der Waals surface area contributed by atoms with Crippen LogP contribution in [0.4, 0.5) is 0 Å². The molecular formula is C38H23N3S2. The van der Waals surface area contributed by atoms with Gasteiger partial charge in [-0.1, -0.05) is 97.1 Å². The lowest BCUT2D eigenvalue weighted by Crippen LogP contribution is -2.06. The Morgan fingerprint density at radius 2 is 1.28 bits per heavy atom. The molecule has 4 heterocycles. The van der Waals surface area contributed by atoms with Crippen LogP contribution in [0, 0.1) is 0 Å². The van der Waals surface area contributed by atoms with E-state index in [9.17, 15) is 0 Å². The maximum atomic E-state index is 5.43. The lowest BCUT2D eigenvalue weighted by molar-refractivity contribution is 0.931. The van der Waals surface area contributed by atoms with Crippen molar-refractivity contribution in [3.63, 3.8) is 0 Å². The molecular weight excluding hydrogens is 563 g/mol. The smallest absolute Gasteiger partial charge is 0.235 e. The number of hydrogen-bond acceptors (Lipinski definition) is 4. The van der Waals surface area contributed by atoms with Gasteiger partial charge in [-0.2, -0.15) is 0 Å². The van der Waals surface area contributed by atoms with E-state index in [1.165, 1.54) is 63.2 Å². The van der Waals surface area contributed by atoms with Gasteiger partial charge >= 0.3 is 0 Å². The van der Waals surface area contributed by atoms with Crippen LogP contribution in [-0.4, -0.2) is 14.5 Å². The molecule has 5 heteroatoms. The first-order valence-electron chi connectivity index (χ1n) is 14.7. The van der Waals surface area contributed by atoms with Gasteiger partial charge in [0.15, 0.2) is 0 Å². The largest absolute Gasteiger partial charge is 0.278 e. The zero-order valence-electron chi connectivity index (χ0n) is 23.0. The summed E-state index contributed by atoms with van der Waals surface area (Å²) in [5.41, 5.74) is 6.93. The highest BCUT2D eigenvalue weighted by Gasteiger charge is 2.27. The van der Waals surface area contributed by atoms with Gasteiger partial charge in [-0.15, -0.1) is 22.7 Å². The number of nitrogens with zero attached hydrogens (tertiary/aromatic N) is 3. The van der Waals surface area contributed by atoms with Crippen LogP contribution in [-0.2, 0) is 6.42 Å². The van der Waals surface area contributed by atoms with Gasteiger partial charge in [0.1, 0.15) is 0 Å². The molecule has 0 bridgehead atoms. The van der Waals surface area contributed by atoms with Crippen molar-refractivity contribution in [3.05, 3.63) is 120 Å². The molecule has 0 unspecified atom stereocenters. The first kappa shape index (κ1) is 23.7.